The SMILES string of the molecule is CCc1occc1C(=O)Nc1cc(Cl)ccc1C(N)=S. The summed E-state index contributed by atoms with van der Waals surface area (Å²) in [4.78, 5) is 12.4. The van der Waals surface area contributed by atoms with Crippen LogP contribution >= 0.6 is 23.8 Å². The Morgan fingerprint density at radius 2 is 2.15 bits per heavy atom. The Hall–Kier alpha value is -1.85. The topological polar surface area (TPSA) is 68.3 Å². The molecule has 1 heterocycles. The zero-order valence-corrected chi connectivity index (χ0v) is 12.3. The molecule has 2 rings (SSSR count). The molecule has 0 aliphatic rings. The molecule has 0 bridgehead atoms. The van der Waals surface area contributed by atoms with Gasteiger partial charge in [0.1, 0.15) is 10.7 Å². The first-order chi connectivity index (χ1) is 9.52. The van der Waals surface area contributed by atoms with Gasteiger partial charge in [0.2, 0.25) is 0 Å². The van der Waals surface area contributed by atoms with Crippen LogP contribution in [0.5, 0.6) is 0 Å². The van der Waals surface area contributed by atoms with Crippen molar-refractivity contribution in [2.45, 2.75) is 13.3 Å². The summed E-state index contributed by atoms with van der Waals surface area (Å²) < 4.78 is 5.24. The number of aryl methyl sites for hydroxylation is 1. The lowest BCUT2D eigenvalue weighted by Crippen LogP contribution is -2.18. The molecule has 0 spiro atoms. The molecule has 1 aromatic heterocycles. The van der Waals surface area contributed by atoms with Crippen molar-refractivity contribution in [3.63, 3.8) is 0 Å². The van der Waals surface area contributed by atoms with Gasteiger partial charge in [0.05, 0.1) is 17.5 Å². The summed E-state index contributed by atoms with van der Waals surface area (Å²) in [5.74, 6) is 0.344. The molecule has 1 amide bonds. The third kappa shape index (κ3) is 3.00. The largest absolute Gasteiger partial charge is 0.469 e. The average Bonchev–Trinajstić information content (AvgIpc) is 2.86. The van der Waals surface area contributed by atoms with E-state index in [-0.39, 0.29) is 10.9 Å². The number of nitrogens with one attached hydrogen (secondary N) is 1. The second kappa shape index (κ2) is 6.07. The number of amides is 1. The maximum Gasteiger partial charge on any atom is 0.259 e. The molecule has 1 aromatic carbocycles. The second-order valence-corrected chi connectivity index (χ2v) is 5.00. The molecule has 0 unspecified atom stereocenters. The molecule has 0 fully saturated rings. The summed E-state index contributed by atoms with van der Waals surface area (Å²) in [5.41, 5.74) is 7.17. The molecule has 0 saturated heterocycles. The molecule has 2 aromatic rings. The Morgan fingerprint density at radius 1 is 1.40 bits per heavy atom. The molecule has 0 atom stereocenters. The highest BCUT2D eigenvalue weighted by Crippen LogP contribution is 2.22. The molecule has 6 heteroatoms. The minimum Gasteiger partial charge on any atom is -0.469 e. The Bertz CT molecular complexity index is 667. The van der Waals surface area contributed by atoms with E-state index in [0.29, 0.717) is 34.0 Å². The molecule has 4 nitrogen and oxygen atoms in total. The number of hydrogen-bond acceptors (Lipinski definition) is 3. The predicted octanol–water partition coefficient (Wildman–Crippen LogP) is 3.38. The van der Waals surface area contributed by atoms with E-state index in [1.54, 1.807) is 24.3 Å². The van der Waals surface area contributed by atoms with E-state index in [1.165, 1.54) is 6.26 Å². The maximum absolute atomic E-state index is 12.2. The van der Waals surface area contributed by atoms with Crippen molar-refractivity contribution in [3.8, 4) is 0 Å². The quantitative estimate of drug-likeness (QED) is 0.850. The van der Waals surface area contributed by atoms with Gasteiger partial charge in [-0.05, 0) is 24.3 Å². The summed E-state index contributed by atoms with van der Waals surface area (Å²) in [6.07, 6.45) is 2.12. The average molecular weight is 309 g/mol. The summed E-state index contributed by atoms with van der Waals surface area (Å²) in [6.45, 7) is 1.91. The van der Waals surface area contributed by atoms with E-state index < -0.39 is 0 Å². The zero-order valence-electron chi connectivity index (χ0n) is 10.8. The van der Waals surface area contributed by atoms with Crippen LogP contribution in [0.3, 0.4) is 0 Å². The maximum atomic E-state index is 12.2. The fourth-order valence-electron chi connectivity index (χ4n) is 1.84. The normalized spacial score (nSPS) is 10.3. The van der Waals surface area contributed by atoms with Crippen molar-refractivity contribution in [2.24, 2.45) is 5.73 Å². The van der Waals surface area contributed by atoms with Gasteiger partial charge in [-0.25, -0.2) is 0 Å². The lowest BCUT2D eigenvalue weighted by Gasteiger charge is -2.10. The zero-order chi connectivity index (χ0) is 14.7. The van der Waals surface area contributed by atoms with Gasteiger partial charge in [0, 0.05) is 17.0 Å². The lowest BCUT2D eigenvalue weighted by atomic mass is 10.1. The van der Waals surface area contributed by atoms with Crippen LogP contribution in [0.25, 0.3) is 0 Å². The van der Waals surface area contributed by atoms with Crippen molar-refractivity contribution < 1.29 is 9.21 Å². The molecule has 0 aliphatic carbocycles. The number of thiocarbonyl (C=S) groups is 1. The highest BCUT2D eigenvalue weighted by molar-refractivity contribution is 7.80. The van der Waals surface area contributed by atoms with E-state index in [4.69, 9.17) is 34.0 Å². The molecule has 0 aliphatic heterocycles. The smallest absolute Gasteiger partial charge is 0.259 e. The van der Waals surface area contributed by atoms with E-state index in [2.05, 4.69) is 5.32 Å². The highest BCUT2D eigenvalue weighted by Gasteiger charge is 2.15. The van der Waals surface area contributed by atoms with Crippen molar-refractivity contribution in [2.75, 3.05) is 5.32 Å². The van der Waals surface area contributed by atoms with E-state index in [9.17, 15) is 4.79 Å². The highest BCUT2D eigenvalue weighted by atomic mass is 35.5. The lowest BCUT2D eigenvalue weighted by molar-refractivity contribution is 0.102. The standard InChI is InChI=1S/C14H13ClN2O2S/c1-2-12-10(5-6-19-12)14(18)17-11-7-8(15)3-4-9(11)13(16)20/h3-7H,2H2,1H3,(H2,16,20)(H,17,18). The number of benzene rings is 1. The second-order valence-electron chi connectivity index (χ2n) is 4.12. The van der Waals surface area contributed by atoms with Crippen LogP contribution in [-0.4, -0.2) is 10.9 Å². The van der Waals surface area contributed by atoms with Gasteiger partial charge >= 0.3 is 0 Å². The van der Waals surface area contributed by atoms with Crippen LogP contribution < -0.4 is 11.1 Å². The monoisotopic (exact) mass is 308 g/mol. The number of carbonyl (C=O) groups is 1. The van der Waals surface area contributed by atoms with Crippen molar-refractivity contribution in [3.05, 3.63) is 52.4 Å². The predicted molar refractivity (Wildman–Crippen MR) is 83.4 cm³/mol. The third-order valence-corrected chi connectivity index (χ3v) is 3.26. The van der Waals surface area contributed by atoms with Crippen LogP contribution in [0.15, 0.2) is 34.9 Å². The van der Waals surface area contributed by atoms with Gasteiger partial charge in [-0.2, -0.15) is 0 Å². The van der Waals surface area contributed by atoms with Crippen LogP contribution in [0.4, 0.5) is 5.69 Å². The molecule has 20 heavy (non-hydrogen) atoms. The summed E-state index contributed by atoms with van der Waals surface area (Å²) in [6, 6.07) is 6.58. The first kappa shape index (κ1) is 14.6. The number of nitrogens with two attached hydrogens (primary N) is 1. The van der Waals surface area contributed by atoms with Crippen molar-refractivity contribution in [1.29, 1.82) is 0 Å². The first-order valence-electron chi connectivity index (χ1n) is 6.00. The molecule has 0 saturated carbocycles. The number of rotatable bonds is 4. The minimum absolute atomic E-state index is 0.194. The number of hydrogen-bond donors (Lipinski definition) is 2. The van der Waals surface area contributed by atoms with Gasteiger partial charge in [-0.3, -0.25) is 4.79 Å². The molecule has 0 radical (unpaired) electrons. The number of halogens is 1. The van der Waals surface area contributed by atoms with Gasteiger partial charge in [-0.1, -0.05) is 30.7 Å². The Morgan fingerprint density at radius 3 is 2.80 bits per heavy atom. The van der Waals surface area contributed by atoms with Gasteiger partial charge in [0.25, 0.3) is 5.91 Å². The van der Waals surface area contributed by atoms with E-state index in [0.717, 1.165) is 0 Å². The fraction of sp³-hybridized carbons (Fsp3) is 0.143. The molecular weight excluding hydrogens is 296 g/mol. The summed E-state index contributed by atoms with van der Waals surface area (Å²) in [5, 5.41) is 3.25. The van der Waals surface area contributed by atoms with Crippen LogP contribution in [0.1, 0.15) is 28.6 Å². The van der Waals surface area contributed by atoms with Gasteiger partial charge in [-0.15, -0.1) is 0 Å². The molecular formula is C14H13ClN2O2S. The summed E-state index contributed by atoms with van der Waals surface area (Å²) in [7, 11) is 0. The van der Waals surface area contributed by atoms with E-state index >= 15 is 0 Å². The van der Waals surface area contributed by atoms with Gasteiger partial charge in [0.15, 0.2) is 0 Å². The van der Waals surface area contributed by atoms with Crippen molar-refractivity contribution in [1.82, 2.24) is 0 Å². The number of anilines is 1. The fourth-order valence-corrected chi connectivity index (χ4v) is 2.19. The van der Waals surface area contributed by atoms with Gasteiger partial charge < -0.3 is 15.5 Å². The van der Waals surface area contributed by atoms with Crippen LogP contribution in [-0.2, 0) is 6.42 Å². The number of furan rings is 1. The Balaban J connectivity index is 2.32. The Kier molecular flexibility index (Phi) is 4.42. The number of carbonyl (C=O) groups excluding carboxylic acids is 1. The van der Waals surface area contributed by atoms with Crippen molar-refractivity contribution >= 4 is 40.4 Å². The van der Waals surface area contributed by atoms with Crippen LogP contribution in [0, 0.1) is 0 Å². The molecule has 104 valence electrons. The van der Waals surface area contributed by atoms with Crippen LogP contribution in [0.2, 0.25) is 5.02 Å². The van der Waals surface area contributed by atoms with E-state index in [1.807, 2.05) is 6.92 Å². The molecule has 3 N–H and O–H groups in total. The first-order valence-corrected chi connectivity index (χ1v) is 6.78. The Labute approximate surface area is 126 Å². The summed E-state index contributed by atoms with van der Waals surface area (Å²) >= 11 is 10.9. The third-order valence-electron chi connectivity index (χ3n) is 2.81. The minimum atomic E-state index is -0.282.